The van der Waals surface area contributed by atoms with Crippen molar-refractivity contribution in [3.05, 3.63) is 64.7 Å². The van der Waals surface area contributed by atoms with Gasteiger partial charge < -0.3 is 4.74 Å². The maximum absolute atomic E-state index is 12.5. The number of esters is 1. The summed E-state index contributed by atoms with van der Waals surface area (Å²) in [6.45, 7) is 1.73. The predicted molar refractivity (Wildman–Crippen MR) is 88.0 cm³/mol. The number of carbonyl (C=O) groups excluding carboxylic acids is 1. The molecule has 122 valence electrons. The van der Waals surface area contributed by atoms with Crippen molar-refractivity contribution >= 4 is 27.6 Å². The molecule has 0 bridgehead atoms. The summed E-state index contributed by atoms with van der Waals surface area (Å²) in [5, 5.41) is 0.578. The van der Waals surface area contributed by atoms with Crippen LogP contribution in [0, 0.1) is 0 Å². The van der Waals surface area contributed by atoms with Gasteiger partial charge in [0, 0.05) is 11.1 Å². The third-order valence-corrected chi connectivity index (χ3v) is 5.06. The Balaban J connectivity index is 2.24. The van der Waals surface area contributed by atoms with Crippen molar-refractivity contribution in [2.75, 3.05) is 7.11 Å². The molecule has 2 aromatic rings. The van der Waals surface area contributed by atoms with Crippen molar-refractivity contribution < 1.29 is 17.9 Å². The van der Waals surface area contributed by atoms with Gasteiger partial charge in [-0.05, 0) is 42.8 Å². The van der Waals surface area contributed by atoms with Crippen molar-refractivity contribution in [3.8, 4) is 0 Å². The summed E-state index contributed by atoms with van der Waals surface area (Å²) in [6.07, 6.45) is 0. The van der Waals surface area contributed by atoms with Crippen LogP contribution < -0.4 is 4.72 Å². The van der Waals surface area contributed by atoms with Crippen LogP contribution in [0.4, 0.5) is 0 Å². The van der Waals surface area contributed by atoms with Gasteiger partial charge in [0.05, 0.1) is 17.6 Å². The van der Waals surface area contributed by atoms with Gasteiger partial charge in [0.2, 0.25) is 10.0 Å². The molecule has 0 heterocycles. The van der Waals surface area contributed by atoms with E-state index in [0.29, 0.717) is 5.02 Å². The monoisotopic (exact) mass is 353 g/mol. The highest BCUT2D eigenvalue weighted by Gasteiger charge is 2.20. The fourth-order valence-electron chi connectivity index (χ4n) is 2.03. The number of methoxy groups -OCH3 is 1. The van der Waals surface area contributed by atoms with E-state index in [-0.39, 0.29) is 10.5 Å². The molecule has 1 unspecified atom stereocenters. The molecule has 0 aromatic heterocycles. The Morgan fingerprint density at radius 2 is 1.83 bits per heavy atom. The highest BCUT2D eigenvalue weighted by atomic mass is 35.5. The number of hydrogen-bond donors (Lipinski definition) is 1. The van der Waals surface area contributed by atoms with Crippen LogP contribution in [0.25, 0.3) is 0 Å². The lowest BCUT2D eigenvalue weighted by atomic mass is 10.1. The first-order valence-electron chi connectivity index (χ1n) is 6.79. The second-order valence-corrected chi connectivity index (χ2v) is 7.06. The van der Waals surface area contributed by atoms with E-state index in [1.54, 1.807) is 31.2 Å². The number of halogens is 1. The Morgan fingerprint density at radius 1 is 1.17 bits per heavy atom. The summed E-state index contributed by atoms with van der Waals surface area (Å²) >= 11 is 5.82. The van der Waals surface area contributed by atoms with E-state index >= 15 is 0 Å². The van der Waals surface area contributed by atoms with Gasteiger partial charge in [-0.1, -0.05) is 29.8 Å². The molecule has 0 amide bonds. The molecular weight excluding hydrogens is 338 g/mol. The second kappa shape index (κ2) is 7.12. The predicted octanol–water partition coefficient (Wildman–Crippen LogP) is 3.17. The van der Waals surface area contributed by atoms with Crippen LogP contribution in [-0.4, -0.2) is 21.5 Å². The third kappa shape index (κ3) is 4.31. The number of nitrogens with one attached hydrogen (secondary N) is 1. The number of hydrogen-bond acceptors (Lipinski definition) is 4. The molecule has 2 rings (SSSR count). The fourth-order valence-corrected chi connectivity index (χ4v) is 3.43. The zero-order chi connectivity index (χ0) is 17.0. The van der Waals surface area contributed by atoms with Crippen LogP contribution in [-0.2, 0) is 14.8 Å². The van der Waals surface area contributed by atoms with E-state index in [9.17, 15) is 13.2 Å². The first-order valence-corrected chi connectivity index (χ1v) is 8.66. The van der Waals surface area contributed by atoms with Crippen LogP contribution >= 0.6 is 11.6 Å². The largest absolute Gasteiger partial charge is 0.465 e. The zero-order valence-corrected chi connectivity index (χ0v) is 14.2. The molecule has 7 heteroatoms. The molecule has 23 heavy (non-hydrogen) atoms. The van der Waals surface area contributed by atoms with Crippen molar-refractivity contribution in [2.24, 2.45) is 0 Å². The Hall–Kier alpha value is -1.89. The van der Waals surface area contributed by atoms with Crippen molar-refractivity contribution in [3.63, 3.8) is 0 Å². The third-order valence-electron chi connectivity index (χ3n) is 3.27. The van der Waals surface area contributed by atoms with Crippen LogP contribution in [0.2, 0.25) is 5.02 Å². The molecule has 1 N–H and O–H groups in total. The summed E-state index contributed by atoms with van der Waals surface area (Å²) in [4.78, 5) is 11.5. The molecule has 1 atom stereocenters. The zero-order valence-electron chi connectivity index (χ0n) is 12.6. The van der Waals surface area contributed by atoms with Crippen molar-refractivity contribution in [1.82, 2.24) is 4.72 Å². The fraction of sp³-hybridized carbons (Fsp3) is 0.188. The first-order chi connectivity index (χ1) is 10.8. The van der Waals surface area contributed by atoms with Gasteiger partial charge in [0.15, 0.2) is 0 Å². The minimum absolute atomic E-state index is 0.00112. The van der Waals surface area contributed by atoms with E-state index in [0.717, 1.165) is 5.56 Å². The van der Waals surface area contributed by atoms with Gasteiger partial charge in [0.25, 0.3) is 0 Å². The van der Waals surface area contributed by atoms with Crippen LogP contribution in [0.5, 0.6) is 0 Å². The Kier molecular flexibility index (Phi) is 5.41. The van der Waals surface area contributed by atoms with Gasteiger partial charge in [0.1, 0.15) is 0 Å². The van der Waals surface area contributed by atoms with Gasteiger partial charge in [-0.25, -0.2) is 17.9 Å². The lowest BCUT2D eigenvalue weighted by Crippen LogP contribution is -2.27. The molecule has 0 fully saturated rings. The molecule has 0 spiro atoms. The average molecular weight is 354 g/mol. The highest BCUT2D eigenvalue weighted by Crippen LogP contribution is 2.19. The average Bonchev–Trinajstić information content (AvgIpc) is 2.54. The van der Waals surface area contributed by atoms with Crippen molar-refractivity contribution in [1.29, 1.82) is 0 Å². The molecule has 0 saturated heterocycles. The summed E-state index contributed by atoms with van der Waals surface area (Å²) in [7, 11) is -2.53. The molecule has 0 radical (unpaired) electrons. The normalized spacial score (nSPS) is 12.7. The van der Waals surface area contributed by atoms with Gasteiger partial charge in [-0.3, -0.25) is 0 Å². The Bertz CT molecular complexity index is 803. The summed E-state index contributed by atoms with van der Waals surface area (Å²) in [5.41, 5.74) is 0.955. The van der Waals surface area contributed by atoms with E-state index in [4.69, 9.17) is 11.6 Å². The standard InChI is InChI=1S/C16H16ClNO4S/c1-11(12-6-8-14(17)9-7-12)18-23(20,21)15-5-3-4-13(10-15)16(19)22-2/h3-11,18H,1-2H3. The number of benzene rings is 2. The smallest absolute Gasteiger partial charge is 0.337 e. The Labute approximate surface area is 140 Å². The summed E-state index contributed by atoms with van der Waals surface area (Å²) < 4.78 is 32.1. The maximum atomic E-state index is 12.5. The molecular formula is C16H16ClNO4S. The van der Waals surface area contributed by atoms with Crippen molar-refractivity contribution in [2.45, 2.75) is 17.9 Å². The second-order valence-electron chi connectivity index (χ2n) is 4.91. The highest BCUT2D eigenvalue weighted by molar-refractivity contribution is 7.89. The SMILES string of the molecule is COC(=O)c1cccc(S(=O)(=O)NC(C)c2ccc(Cl)cc2)c1. The Morgan fingerprint density at radius 3 is 2.43 bits per heavy atom. The number of carbonyl (C=O) groups is 1. The van der Waals surface area contributed by atoms with E-state index < -0.39 is 22.0 Å². The summed E-state index contributed by atoms with van der Waals surface area (Å²) in [5.74, 6) is -0.590. The summed E-state index contributed by atoms with van der Waals surface area (Å²) in [6, 6.07) is 12.1. The van der Waals surface area contributed by atoms with E-state index in [1.807, 2.05) is 0 Å². The number of ether oxygens (including phenoxy) is 1. The van der Waals surface area contributed by atoms with Crippen LogP contribution in [0.15, 0.2) is 53.4 Å². The minimum Gasteiger partial charge on any atom is -0.465 e. The van der Waals surface area contributed by atoms with Crippen LogP contribution in [0.1, 0.15) is 28.9 Å². The molecule has 2 aromatic carbocycles. The van der Waals surface area contributed by atoms with E-state index in [2.05, 4.69) is 9.46 Å². The number of sulfonamides is 1. The lowest BCUT2D eigenvalue weighted by molar-refractivity contribution is 0.0600. The van der Waals surface area contributed by atoms with Gasteiger partial charge >= 0.3 is 5.97 Å². The molecule has 0 saturated carbocycles. The van der Waals surface area contributed by atoms with Gasteiger partial charge in [-0.2, -0.15) is 0 Å². The molecule has 0 aliphatic rings. The quantitative estimate of drug-likeness (QED) is 0.838. The van der Waals surface area contributed by atoms with Gasteiger partial charge in [-0.15, -0.1) is 0 Å². The maximum Gasteiger partial charge on any atom is 0.337 e. The number of rotatable bonds is 5. The van der Waals surface area contributed by atoms with Crippen LogP contribution in [0.3, 0.4) is 0 Å². The molecule has 0 aliphatic heterocycles. The van der Waals surface area contributed by atoms with E-state index in [1.165, 1.54) is 31.4 Å². The topological polar surface area (TPSA) is 72.5 Å². The molecule has 5 nitrogen and oxygen atoms in total. The lowest BCUT2D eigenvalue weighted by Gasteiger charge is -2.15. The molecule has 0 aliphatic carbocycles. The first kappa shape index (κ1) is 17.5. The minimum atomic E-state index is -3.77.